The molecule has 0 radical (unpaired) electrons. The van der Waals surface area contributed by atoms with Crippen LogP contribution in [0.4, 0.5) is 11.4 Å². The number of benzene rings is 1. The Bertz CT molecular complexity index is 702. The topological polar surface area (TPSA) is 102 Å². The lowest BCUT2D eigenvalue weighted by atomic mass is 10.2. The Morgan fingerprint density at radius 1 is 1.20 bits per heavy atom. The zero-order valence-corrected chi connectivity index (χ0v) is 11.8. The molecule has 1 aromatic heterocycles. The van der Waals surface area contributed by atoms with E-state index in [9.17, 15) is 8.42 Å². The predicted octanol–water partition coefficient (Wildman–Crippen LogP) is 0.948. The molecule has 106 valence electrons. The van der Waals surface area contributed by atoms with Crippen molar-refractivity contribution >= 4 is 21.4 Å². The van der Waals surface area contributed by atoms with E-state index in [4.69, 9.17) is 10.9 Å². The third-order valence-corrected chi connectivity index (χ3v) is 3.86. The van der Waals surface area contributed by atoms with Crippen LogP contribution in [0.15, 0.2) is 47.5 Å². The summed E-state index contributed by atoms with van der Waals surface area (Å²) >= 11 is 0. The summed E-state index contributed by atoms with van der Waals surface area (Å²) in [6, 6.07) is 10.4. The van der Waals surface area contributed by atoms with E-state index in [0.717, 1.165) is 5.69 Å². The molecule has 1 aromatic carbocycles. The molecule has 4 N–H and O–H groups in total. The van der Waals surface area contributed by atoms with E-state index < -0.39 is 10.0 Å². The molecule has 0 unspecified atom stereocenters. The molecule has 20 heavy (non-hydrogen) atoms. The van der Waals surface area contributed by atoms with Gasteiger partial charge in [-0.25, -0.2) is 13.6 Å². The molecule has 0 bridgehead atoms. The summed E-state index contributed by atoms with van der Waals surface area (Å²) in [6.07, 6.45) is 1.70. The fraction of sp³-hybridized carbons (Fsp3) is 0.154. The summed E-state index contributed by atoms with van der Waals surface area (Å²) in [7, 11) is -2.02. The first-order valence-corrected chi connectivity index (χ1v) is 7.46. The summed E-state index contributed by atoms with van der Waals surface area (Å²) in [5.41, 5.74) is 7.51. The van der Waals surface area contributed by atoms with Gasteiger partial charge in [0.2, 0.25) is 10.0 Å². The van der Waals surface area contributed by atoms with Crippen LogP contribution < -0.4 is 15.8 Å². The van der Waals surface area contributed by atoms with Crippen LogP contribution >= 0.6 is 0 Å². The zero-order chi connectivity index (χ0) is 14.8. The fourth-order valence-electron chi connectivity index (χ4n) is 1.93. The van der Waals surface area contributed by atoms with Crippen molar-refractivity contribution in [1.82, 2.24) is 4.98 Å². The molecular weight excluding hydrogens is 276 g/mol. The van der Waals surface area contributed by atoms with E-state index >= 15 is 0 Å². The lowest BCUT2D eigenvalue weighted by molar-refractivity contribution is 0.598. The third kappa shape index (κ3) is 3.06. The Morgan fingerprint density at radius 3 is 2.55 bits per heavy atom. The second-order valence-electron chi connectivity index (χ2n) is 4.41. The van der Waals surface area contributed by atoms with Crippen LogP contribution in [0.1, 0.15) is 5.69 Å². The Balaban J connectivity index is 2.34. The van der Waals surface area contributed by atoms with Crippen LogP contribution in [0.5, 0.6) is 0 Å². The summed E-state index contributed by atoms with van der Waals surface area (Å²) in [5.74, 6) is 0. The first-order valence-electron chi connectivity index (χ1n) is 5.92. The molecule has 0 fully saturated rings. The molecule has 2 rings (SSSR count). The van der Waals surface area contributed by atoms with E-state index in [-0.39, 0.29) is 10.6 Å². The Labute approximate surface area is 118 Å². The van der Waals surface area contributed by atoms with Gasteiger partial charge in [-0.15, -0.1) is 0 Å². The van der Waals surface area contributed by atoms with Gasteiger partial charge in [-0.3, -0.25) is 4.98 Å². The monoisotopic (exact) mass is 292 g/mol. The number of rotatable bonds is 4. The number of nitrogen functional groups attached to an aromatic ring is 1. The number of nitrogens with zero attached hydrogens (tertiary/aromatic N) is 2. The van der Waals surface area contributed by atoms with E-state index in [1.54, 1.807) is 18.3 Å². The highest BCUT2D eigenvalue weighted by Gasteiger charge is 2.16. The number of pyridine rings is 1. The van der Waals surface area contributed by atoms with Crippen LogP contribution in [0.3, 0.4) is 0 Å². The Morgan fingerprint density at radius 2 is 1.95 bits per heavy atom. The van der Waals surface area contributed by atoms with Crippen LogP contribution in [0.2, 0.25) is 0 Å². The maximum absolute atomic E-state index is 11.5. The van der Waals surface area contributed by atoms with Gasteiger partial charge < -0.3 is 10.6 Å². The molecule has 0 spiro atoms. The largest absolute Gasteiger partial charge is 0.396 e. The highest BCUT2D eigenvalue weighted by Crippen LogP contribution is 2.28. The molecule has 0 aliphatic rings. The van der Waals surface area contributed by atoms with Crippen molar-refractivity contribution in [3.63, 3.8) is 0 Å². The molecule has 2 aromatic rings. The molecule has 0 amide bonds. The quantitative estimate of drug-likeness (QED) is 0.817. The number of para-hydroxylation sites is 1. The molecular formula is C13H16N4O2S. The van der Waals surface area contributed by atoms with E-state index in [2.05, 4.69) is 4.98 Å². The average molecular weight is 292 g/mol. The van der Waals surface area contributed by atoms with E-state index in [1.807, 2.05) is 30.1 Å². The number of anilines is 2. The number of aromatic nitrogens is 1. The first-order chi connectivity index (χ1) is 9.39. The first kappa shape index (κ1) is 14.3. The molecule has 7 heteroatoms. The Hall–Kier alpha value is -2.12. The number of primary sulfonamides is 1. The van der Waals surface area contributed by atoms with Gasteiger partial charge in [0.25, 0.3) is 0 Å². The standard InChI is InChI=1S/C13H16N4O2S/c1-17(9-10-5-2-3-8-16-10)11-6-4-7-12(13(11)14)20(15,18)19/h2-8H,9,14H2,1H3,(H2,15,18,19). The van der Waals surface area contributed by atoms with E-state index in [1.165, 1.54) is 6.07 Å². The minimum absolute atomic E-state index is 0.0668. The highest BCUT2D eigenvalue weighted by molar-refractivity contribution is 7.89. The lowest BCUT2D eigenvalue weighted by Gasteiger charge is -2.21. The van der Waals surface area contributed by atoms with Gasteiger partial charge in [0, 0.05) is 13.2 Å². The number of sulfonamides is 1. The second kappa shape index (κ2) is 5.48. The predicted molar refractivity (Wildman–Crippen MR) is 78.6 cm³/mol. The summed E-state index contributed by atoms with van der Waals surface area (Å²) < 4.78 is 22.9. The lowest BCUT2D eigenvalue weighted by Crippen LogP contribution is -2.21. The molecule has 0 saturated carbocycles. The normalized spacial score (nSPS) is 11.3. The third-order valence-electron chi connectivity index (χ3n) is 2.89. The molecule has 1 heterocycles. The maximum atomic E-state index is 11.5. The van der Waals surface area contributed by atoms with E-state index in [0.29, 0.717) is 12.2 Å². The van der Waals surface area contributed by atoms with Crippen molar-refractivity contribution < 1.29 is 8.42 Å². The Kier molecular flexibility index (Phi) is 3.91. The number of nitrogens with two attached hydrogens (primary N) is 2. The minimum Gasteiger partial charge on any atom is -0.396 e. The van der Waals surface area contributed by atoms with Gasteiger partial charge in [0.05, 0.1) is 23.6 Å². The minimum atomic E-state index is -3.83. The second-order valence-corrected chi connectivity index (χ2v) is 5.94. The van der Waals surface area contributed by atoms with Crippen molar-refractivity contribution in [3.05, 3.63) is 48.3 Å². The number of hydrogen-bond donors (Lipinski definition) is 2. The van der Waals surface area contributed by atoms with Crippen LogP contribution in [0, 0.1) is 0 Å². The van der Waals surface area contributed by atoms with Crippen LogP contribution in [-0.4, -0.2) is 20.4 Å². The van der Waals surface area contributed by atoms with Gasteiger partial charge in [0.15, 0.2) is 0 Å². The van der Waals surface area contributed by atoms with Crippen LogP contribution in [0.25, 0.3) is 0 Å². The maximum Gasteiger partial charge on any atom is 0.240 e. The van der Waals surface area contributed by atoms with Gasteiger partial charge in [-0.05, 0) is 24.3 Å². The summed E-state index contributed by atoms with van der Waals surface area (Å²) in [4.78, 5) is 5.98. The van der Waals surface area contributed by atoms with Crippen molar-refractivity contribution in [1.29, 1.82) is 0 Å². The molecule has 0 aliphatic heterocycles. The van der Waals surface area contributed by atoms with Gasteiger partial charge >= 0.3 is 0 Å². The van der Waals surface area contributed by atoms with Crippen molar-refractivity contribution in [2.75, 3.05) is 17.7 Å². The smallest absolute Gasteiger partial charge is 0.240 e. The van der Waals surface area contributed by atoms with Gasteiger partial charge in [-0.2, -0.15) is 0 Å². The molecule has 0 aliphatic carbocycles. The van der Waals surface area contributed by atoms with Gasteiger partial charge in [-0.1, -0.05) is 12.1 Å². The van der Waals surface area contributed by atoms with Gasteiger partial charge in [0.1, 0.15) is 4.90 Å². The van der Waals surface area contributed by atoms with Crippen molar-refractivity contribution in [3.8, 4) is 0 Å². The van der Waals surface area contributed by atoms with Crippen molar-refractivity contribution in [2.45, 2.75) is 11.4 Å². The SMILES string of the molecule is CN(Cc1ccccn1)c1cccc(S(N)(=O)=O)c1N. The molecule has 0 saturated heterocycles. The molecule has 0 atom stereocenters. The summed E-state index contributed by atoms with van der Waals surface area (Å²) in [6.45, 7) is 0.513. The highest BCUT2D eigenvalue weighted by atomic mass is 32.2. The molecule has 6 nitrogen and oxygen atoms in total. The van der Waals surface area contributed by atoms with Crippen molar-refractivity contribution in [2.24, 2.45) is 5.14 Å². The fourth-order valence-corrected chi connectivity index (χ4v) is 2.61. The van der Waals surface area contributed by atoms with Crippen LogP contribution in [-0.2, 0) is 16.6 Å². The summed E-state index contributed by atoms with van der Waals surface area (Å²) in [5, 5.41) is 5.14. The zero-order valence-electron chi connectivity index (χ0n) is 11.0. The number of hydrogen-bond acceptors (Lipinski definition) is 5. The average Bonchev–Trinajstić information content (AvgIpc) is 2.38.